The standard InChI is InChI=1S/C17H24N2O2/c1-13-10-16(13)17(20)18-11-14-4-2-3-5-15(14)12-19-6-8-21-9-7-19/h2-5,13,16H,6-12H2,1H3,(H,18,20). The van der Waals surface area contributed by atoms with Gasteiger partial charge < -0.3 is 10.1 Å². The molecule has 2 atom stereocenters. The summed E-state index contributed by atoms with van der Waals surface area (Å²) in [5.41, 5.74) is 2.54. The van der Waals surface area contributed by atoms with Crippen molar-refractivity contribution in [3.8, 4) is 0 Å². The number of hydrogen-bond donors (Lipinski definition) is 1. The molecule has 0 radical (unpaired) electrons. The fraction of sp³-hybridized carbons (Fsp3) is 0.588. The molecule has 4 nitrogen and oxygen atoms in total. The lowest BCUT2D eigenvalue weighted by Crippen LogP contribution is -2.36. The molecule has 2 aliphatic rings. The zero-order valence-electron chi connectivity index (χ0n) is 12.7. The maximum absolute atomic E-state index is 12.0. The van der Waals surface area contributed by atoms with E-state index >= 15 is 0 Å². The van der Waals surface area contributed by atoms with Gasteiger partial charge in [0.05, 0.1) is 13.2 Å². The molecular formula is C17H24N2O2. The molecule has 1 aliphatic heterocycles. The van der Waals surface area contributed by atoms with Gasteiger partial charge in [0, 0.05) is 32.1 Å². The Morgan fingerprint density at radius 3 is 2.62 bits per heavy atom. The lowest BCUT2D eigenvalue weighted by molar-refractivity contribution is -0.122. The molecule has 2 unspecified atom stereocenters. The van der Waals surface area contributed by atoms with Crippen LogP contribution in [0, 0.1) is 11.8 Å². The third-order valence-corrected chi connectivity index (χ3v) is 4.52. The summed E-state index contributed by atoms with van der Waals surface area (Å²) in [5.74, 6) is 1.02. The molecule has 1 heterocycles. The second-order valence-corrected chi connectivity index (χ2v) is 6.19. The number of carbonyl (C=O) groups excluding carboxylic acids is 1. The van der Waals surface area contributed by atoms with Crippen molar-refractivity contribution >= 4 is 5.91 Å². The van der Waals surface area contributed by atoms with Crippen LogP contribution in [0.4, 0.5) is 0 Å². The zero-order chi connectivity index (χ0) is 14.7. The Bertz CT molecular complexity index is 497. The highest BCUT2D eigenvalue weighted by Gasteiger charge is 2.38. The van der Waals surface area contributed by atoms with Crippen LogP contribution >= 0.6 is 0 Å². The number of nitrogens with zero attached hydrogens (tertiary/aromatic N) is 1. The maximum atomic E-state index is 12.0. The minimum atomic E-state index is 0.212. The van der Waals surface area contributed by atoms with E-state index in [9.17, 15) is 4.79 Å². The minimum absolute atomic E-state index is 0.212. The van der Waals surface area contributed by atoms with E-state index in [0.29, 0.717) is 12.5 Å². The fourth-order valence-electron chi connectivity index (χ4n) is 2.89. The number of carbonyl (C=O) groups is 1. The van der Waals surface area contributed by atoms with Crippen molar-refractivity contribution < 1.29 is 9.53 Å². The third-order valence-electron chi connectivity index (χ3n) is 4.52. The van der Waals surface area contributed by atoms with Crippen molar-refractivity contribution in [3.05, 3.63) is 35.4 Å². The molecule has 1 amide bonds. The van der Waals surface area contributed by atoms with Crippen LogP contribution in [-0.4, -0.2) is 37.1 Å². The summed E-state index contributed by atoms with van der Waals surface area (Å²) < 4.78 is 5.39. The topological polar surface area (TPSA) is 41.6 Å². The van der Waals surface area contributed by atoms with Gasteiger partial charge in [0.1, 0.15) is 0 Å². The number of benzene rings is 1. The molecule has 1 aromatic rings. The van der Waals surface area contributed by atoms with Crippen LogP contribution < -0.4 is 5.32 Å². The quantitative estimate of drug-likeness (QED) is 0.898. The van der Waals surface area contributed by atoms with Gasteiger partial charge in [0.25, 0.3) is 0 Å². The molecule has 1 N–H and O–H groups in total. The molecule has 2 fully saturated rings. The van der Waals surface area contributed by atoms with Crippen molar-refractivity contribution in [2.24, 2.45) is 11.8 Å². The average Bonchev–Trinajstić information content (AvgIpc) is 3.24. The first kappa shape index (κ1) is 14.5. The third kappa shape index (κ3) is 3.83. The van der Waals surface area contributed by atoms with Gasteiger partial charge in [0.2, 0.25) is 5.91 Å². The molecule has 114 valence electrons. The van der Waals surface area contributed by atoms with Gasteiger partial charge in [-0.1, -0.05) is 31.2 Å². The predicted molar refractivity (Wildman–Crippen MR) is 81.7 cm³/mol. The Morgan fingerprint density at radius 2 is 1.95 bits per heavy atom. The van der Waals surface area contributed by atoms with Gasteiger partial charge in [-0.2, -0.15) is 0 Å². The van der Waals surface area contributed by atoms with Crippen LogP contribution in [0.25, 0.3) is 0 Å². The Kier molecular flexibility index (Phi) is 4.56. The first-order valence-corrected chi connectivity index (χ1v) is 7.88. The number of amides is 1. The summed E-state index contributed by atoms with van der Waals surface area (Å²) in [5, 5.41) is 3.09. The zero-order valence-corrected chi connectivity index (χ0v) is 12.7. The highest BCUT2D eigenvalue weighted by atomic mass is 16.5. The van der Waals surface area contributed by atoms with Crippen molar-refractivity contribution in [2.75, 3.05) is 26.3 Å². The van der Waals surface area contributed by atoms with Gasteiger partial charge >= 0.3 is 0 Å². The lowest BCUT2D eigenvalue weighted by atomic mass is 10.1. The second kappa shape index (κ2) is 6.58. The molecule has 3 rings (SSSR count). The first-order chi connectivity index (χ1) is 10.2. The SMILES string of the molecule is CC1CC1C(=O)NCc1ccccc1CN1CCOCC1. The smallest absolute Gasteiger partial charge is 0.223 e. The number of hydrogen-bond acceptors (Lipinski definition) is 3. The molecule has 0 spiro atoms. The van der Waals surface area contributed by atoms with Crippen molar-refractivity contribution in [1.82, 2.24) is 10.2 Å². The number of nitrogens with one attached hydrogen (secondary N) is 1. The van der Waals surface area contributed by atoms with Gasteiger partial charge in [0.15, 0.2) is 0 Å². The van der Waals surface area contributed by atoms with E-state index in [4.69, 9.17) is 4.74 Å². The van der Waals surface area contributed by atoms with Crippen LogP contribution in [-0.2, 0) is 22.6 Å². The Morgan fingerprint density at radius 1 is 1.29 bits per heavy atom. The summed E-state index contributed by atoms with van der Waals surface area (Å²) in [4.78, 5) is 14.4. The van der Waals surface area contributed by atoms with Crippen molar-refractivity contribution in [2.45, 2.75) is 26.4 Å². The van der Waals surface area contributed by atoms with Crippen LogP contribution in [0.15, 0.2) is 24.3 Å². The van der Waals surface area contributed by atoms with E-state index in [-0.39, 0.29) is 11.8 Å². The molecule has 1 saturated carbocycles. The first-order valence-electron chi connectivity index (χ1n) is 7.88. The highest BCUT2D eigenvalue weighted by molar-refractivity contribution is 5.81. The summed E-state index contributed by atoms with van der Waals surface area (Å²) in [6.45, 7) is 7.33. The van der Waals surface area contributed by atoms with Gasteiger partial charge in [-0.05, 0) is 23.5 Å². The van der Waals surface area contributed by atoms with Crippen LogP contribution in [0.1, 0.15) is 24.5 Å². The van der Waals surface area contributed by atoms with Gasteiger partial charge in [-0.25, -0.2) is 0 Å². The summed E-state index contributed by atoms with van der Waals surface area (Å²) in [6, 6.07) is 8.40. The highest BCUT2D eigenvalue weighted by Crippen LogP contribution is 2.37. The van der Waals surface area contributed by atoms with Crippen LogP contribution in [0.3, 0.4) is 0 Å². The van der Waals surface area contributed by atoms with Crippen LogP contribution in [0.2, 0.25) is 0 Å². The van der Waals surface area contributed by atoms with Gasteiger partial charge in [-0.15, -0.1) is 0 Å². The van der Waals surface area contributed by atoms with Crippen molar-refractivity contribution in [3.63, 3.8) is 0 Å². The lowest BCUT2D eigenvalue weighted by Gasteiger charge is -2.27. The summed E-state index contributed by atoms with van der Waals surface area (Å²) in [6.07, 6.45) is 1.04. The number of ether oxygens (including phenoxy) is 1. The predicted octanol–water partition coefficient (Wildman–Crippen LogP) is 1.79. The molecule has 1 aliphatic carbocycles. The van der Waals surface area contributed by atoms with E-state index < -0.39 is 0 Å². The van der Waals surface area contributed by atoms with E-state index in [1.54, 1.807) is 0 Å². The summed E-state index contributed by atoms with van der Waals surface area (Å²) in [7, 11) is 0. The molecule has 21 heavy (non-hydrogen) atoms. The molecule has 0 bridgehead atoms. The number of rotatable bonds is 5. The molecule has 1 saturated heterocycles. The Labute approximate surface area is 126 Å². The largest absolute Gasteiger partial charge is 0.379 e. The number of morpholine rings is 1. The maximum Gasteiger partial charge on any atom is 0.223 e. The van der Waals surface area contributed by atoms with E-state index in [2.05, 4.69) is 35.3 Å². The summed E-state index contributed by atoms with van der Waals surface area (Å²) >= 11 is 0. The van der Waals surface area contributed by atoms with Gasteiger partial charge in [-0.3, -0.25) is 9.69 Å². The van der Waals surface area contributed by atoms with E-state index in [0.717, 1.165) is 39.3 Å². The molecule has 0 aromatic heterocycles. The average molecular weight is 288 g/mol. The fourth-order valence-corrected chi connectivity index (χ4v) is 2.89. The molecular weight excluding hydrogens is 264 g/mol. The Hall–Kier alpha value is -1.39. The second-order valence-electron chi connectivity index (χ2n) is 6.19. The Balaban J connectivity index is 1.57. The van der Waals surface area contributed by atoms with Crippen LogP contribution in [0.5, 0.6) is 0 Å². The van der Waals surface area contributed by atoms with E-state index in [1.165, 1.54) is 11.1 Å². The molecule has 4 heteroatoms. The monoisotopic (exact) mass is 288 g/mol. The van der Waals surface area contributed by atoms with E-state index in [1.807, 2.05) is 6.07 Å². The minimum Gasteiger partial charge on any atom is -0.379 e. The normalized spacial score (nSPS) is 25.6. The molecule has 1 aromatic carbocycles. The van der Waals surface area contributed by atoms with Crippen molar-refractivity contribution in [1.29, 1.82) is 0 Å².